The zero-order valence-electron chi connectivity index (χ0n) is 8.26. The molecule has 0 aromatic heterocycles. The molecule has 0 saturated heterocycles. The van der Waals surface area contributed by atoms with Crippen LogP contribution in [0.5, 0.6) is 0 Å². The van der Waals surface area contributed by atoms with Crippen LogP contribution in [0.15, 0.2) is 0 Å². The summed E-state index contributed by atoms with van der Waals surface area (Å²) in [5.74, 6) is 3.22. The van der Waals surface area contributed by atoms with Crippen LogP contribution in [0.3, 0.4) is 0 Å². The van der Waals surface area contributed by atoms with Crippen LogP contribution in [-0.2, 0) is 4.79 Å². The maximum atomic E-state index is 9.97. The first kappa shape index (κ1) is 14.1. The average Bonchev–Trinajstić information content (AvgIpc) is 1.84. The summed E-state index contributed by atoms with van der Waals surface area (Å²) in [5, 5.41) is 9.97. The van der Waals surface area contributed by atoms with E-state index in [9.17, 15) is 9.90 Å². The molecule has 0 spiro atoms. The zero-order chi connectivity index (χ0) is 9.07. The molecule has 0 N–H and O–H groups in total. The number of aliphatic carboxylic acids is 1. The second-order valence-electron chi connectivity index (χ2n) is 2.99. The quantitative estimate of drug-likeness (QED) is 0.291. The van der Waals surface area contributed by atoms with E-state index in [2.05, 4.69) is 5.92 Å². The number of nitrogens with zero attached hydrogens (tertiary/aromatic N) is 1. The van der Waals surface area contributed by atoms with Crippen molar-refractivity contribution < 1.29 is 28.8 Å². The predicted octanol–water partition coefficient (Wildman–Crippen LogP) is -3.92. The fourth-order valence-electron chi connectivity index (χ4n) is 0.316. The van der Waals surface area contributed by atoms with Gasteiger partial charge in [0.1, 0.15) is 5.97 Å². The number of hydrogen-bond donors (Lipinski definition) is 0. The standard InChI is InChI=1S/C8H13NO2.Li/c1-8(2,9(3)4)6-5-7(10)11;/h1-4H3,(H,10,11);/q;+1/p-1. The van der Waals surface area contributed by atoms with E-state index in [1.54, 1.807) is 0 Å². The van der Waals surface area contributed by atoms with Crippen molar-refractivity contribution in [1.29, 1.82) is 0 Å². The van der Waals surface area contributed by atoms with Crippen molar-refractivity contribution >= 4 is 5.97 Å². The predicted molar refractivity (Wildman–Crippen MR) is 40.5 cm³/mol. The van der Waals surface area contributed by atoms with E-state index < -0.39 is 11.5 Å². The Labute approximate surface area is 85.3 Å². The number of carbonyl (C=O) groups excluding carboxylic acids is 1. The maximum absolute atomic E-state index is 9.97. The Morgan fingerprint density at radius 1 is 1.42 bits per heavy atom. The number of carboxylic acids is 1. The minimum atomic E-state index is -1.33. The fraction of sp³-hybridized carbons (Fsp3) is 0.625. The molecule has 12 heavy (non-hydrogen) atoms. The molecule has 0 atom stereocenters. The molecular weight excluding hydrogens is 149 g/mol. The van der Waals surface area contributed by atoms with Crippen molar-refractivity contribution in [3.05, 3.63) is 0 Å². The number of rotatable bonds is 1. The Morgan fingerprint density at radius 3 is 2.08 bits per heavy atom. The van der Waals surface area contributed by atoms with E-state index in [-0.39, 0.29) is 18.9 Å². The molecule has 3 nitrogen and oxygen atoms in total. The van der Waals surface area contributed by atoms with Gasteiger partial charge in [-0.25, -0.2) is 0 Å². The molecule has 0 amide bonds. The summed E-state index contributed by atoms with van der Waals surface area (Å²) >= 11 is 0. The van der Waals surface area contributed by atoms with Crippen LogP contribution in [0.1, 0.15) is 13.8 Å². The summed E-state index contributed by atoms with van der Waals surface area (Å²) in [6.45, 7) is 3.67. The second kappa shape index (κ2) is 5.27. The summed E-state index contributed by atoms with van der Waals surface area (Å²) < 4.78 is 0. The molecule has 0 heterocycles. The fourth-order valence-corrected chi connectivity index (χ4v) is 0.316. The van der Waals surface area contributed by atoms with Gasteiger partial charge in [0.2, 0.25) is 0 Å². The van der Waals surface area contributed by atoms with E-state index in [0.717, 1.165) is 0 Å². The van der Waals surface area contributed by atoms with Crippen LogP contribution in [-0.4, -0.2) is 30.5 Å². The maximum Gasteiger partial charge on any atom is 1.00 e. The molecule has 0 aliphatic carbocycles. The first-order valence-corrected chi connectivity index (χ1v) is 3.28. The van der Waals surface area contributed by atoms with Gasteiger partial charge in [-0.1, -0.05) is 5.92 Å². The average molecular weight is 161 g/mol. The number of carboxylic acid groups (broad SMARTS) is 1. The van der Waals surface area contributed by atoms with E-state index >= 15 is 0 Å². The van der Waals surface area contributed by atoms with Crippen LogP contribution in [0, 0.1) is 11.8 Å². The largest absolute Gasteiger partial charge is 1.00 e. The van der Waals surface area contributed by atoms with Gasteiger partial charge >= 0.3 is 18.9 Å². The van der Waals surface area contributed by atoms with Gasteiger partial charge in [-0.3, -0.25) is 4.90 Å². The van der Waals surface area contributed by atoms with Crippen molar-refractivity contribution in [3.8, 4) is 11.8 Å². The monoisotopic (exact) mass is 161 g/mol. The third-order valence-corrected chi connectivity index (χ3v) is 1.59. The summed E-state index contributed by atoms with van der Waals surface area (Å²) in [5.41, 5.74) is -0.417. The van der Waals surface area contributed by atoms with Crippen LogP contribution in [0.4, 0.5) is 0 Å². The van der Waals surface area contributed by atoms with Crippen LogP contribution in [0.2, 0.25) is 0 Å². The Kier molecular flexibility index (Phi) is 6.21. The van der Waals surface area contributed by atoms with Gasteiger partial charge in [0.25, 0.3) is 0 Å². The SMILES string of the molecule is CN(C)C(C)(C)C#CC(=O)[O-].[Li+]. The molecule has 0 bridgehead atoms. The first-order chi connectivity index (χ1) is 4.86. The van der Waals surface area contributed by atoms with Crippen molar-refractivity contribution in [2.45, 2.75) is 19.4 Å². The van der Waals surface area contributed by atoms with Crippen LogP contribution < -0.4 is 24.0 Å². The van der Waals surface area contributed by atoms with Crippen molar-refractivity contribution in [3.63, 3.8) is 0 Å². The number of carbonyl (C=O) groups is 1. The Balaban J connectivity index is 0. The molecule has 0 fully saturated rings. The molecule has 0 aromatic rings. The van der Waals surface area contributed by atoms with Crippen molar-refractivity contribution in [2.75, 3.05) is 14.1 Å². The van der Waals surface area contributed by atoms with E-state index in [1.165, 1.54) is 0 Å². The third-order valence-electron chi connectivity index (χ3n) is 1.59. The molecule has 0 aliphatic heterocycles. The van der Waals surface area contributed by atoms with E-state index in [1.807, 2.05) is 38.8 Å². The minimum absolute atomic E-state index is 0. The topological polar surface area (TPSA) is 43.4 Å². The van der Waals surface area contributed by atoms with Gasteiger partial charge in [0, 0.05) is 0 Å². The van der Waals surface area contributed by atoms with Crippen molar-refractivity contribution in [2.24, 2.45) is 0 Å². The second-order valence-corrected chi connectivity index (χ2v) is 2.99. The molecule has 0 unspecified atom stereocenters. The molecule has 0 rings (SSSR count). The molecular formula is C8H12LiNO2. The smallest absolute Gasteiger partial charge is 0.537 e. The molecule has 0 aliphatic rings. The molecule has 0 aromatic carbocycles. The van der Waals surface area contributed by atoms with Gasteiger partial charge < -0.3 is 9.90 Å². The Bertz CT molecular complexity index is 213. The Hall–Kier alpha value is -0.413. The first-order valence-electron chi connectivity index (χ1n) is 3.28. The Morgan fingerprint density at radius 2 is 1.83 bits per heavy atom. The molecule has 62 valence electrons. The van der Waals surface area contributed by atoms with E-state index in [0.29, 0.717) is 0 Å². The van der Waals surface area contributed by atoms with Crippen LogP contribution in [0.25, 0.3) is 0 Å². The van der Waals surface area contributed by atoms with Crippen molar-refractivity contribution in [1.82, 2.24) is 4.90 Å². The summed E-state index contributed by atoms with van der Waals surface area (Å²) in [7, 11) is 3.67. The van der Waals surface area contributed by atoms with Gasteiger partial charge in [-0.15, -0.1) is 0 Å². The minimum Gasteiger partial charge on any atom is -0.537 e. The van der Waals surface area contributed by atoms with Gasteiger partial charge in [-0.05, 0) is 33.9 Å². The third kappa shape index (κ3) is 5.27. The number of hydrogen-bond acceptors (Lipinski definition) is 3. The zero-order valence-corrected chi connectivity index (χ0v) is 8.26. The molecule has 4 heteroatoms. The van der Waals surface area contributed by atoms with E-state index in [4.69, 9.17) is 0 Å². The summed E-state index contributed by atoms with van der Waals surface area (Å²) in [6.07, 6.45) is 0. The summed E-state index contributed by atoms with van der Waals surface area (Å²) in [4.78, 5) is 11.8. The van der Waals surface area contributed by atoms with Crippen LogP contribution >= 0.6 is 0 Å². The normalized spacial score (nSPS) is 9.75. The van der Waals surface area contributed by atoms with Gasteiger partial charge in [0.05, 0.1) is 5.54 Å². The summed E-state index contributed by atoms with van der Waals surface area (Å²) in [6, 6.07) is 0. The molecule has 0 radical (unpaired) electrons. The van der Waals surface area contributed by atoms with Gasteiger partial charge in [0.15, 0.2) is 0 Å². The van der Waals surface area contributed by atoms with Gasteiger partial charge in [-0.2, -0.15) is 0 Å². The molecule has 0 saturated carbocycles.